The van der Waals surface area contributed by atoms with Crippen LogP contribution in [-0.4, -0.2) is 61.6 Å². The first-order valence-electron chi connectivity index (χ1n) is 9.51. The standard InChI is InChI=1S/C20H29N3O3/c1-26-20(10-12-21-13-11-20)19(25)22-17-9-14-23(15-17)18(24)8-7-16-5-3-2-4-6-16/h2-6,17,21H,7-15H2,1H3,(H,22,25). The summed E-state index contributed by atoms with van der Waals surface area (Å²) in [5.41, 5.74) is 0.452. The Balaban J connectivity index is 1.47. The molecule has 2 fully saturated rings. The van der Waals surface area contributed by atoms with E-state index >= 15 is 0 Å². The van der Waals surface area contributed by atoms with Crippen molar-refractivity contribution in [2.45, 2.75) is 43.7 Å². The van der Waals surface area contributed by atoms with Gasteiger partial charge in [0.15, 0.2) is 0 Å². The fourth-order valence-corrected chi connectivity index (χ4v) is 3.83. The van der Waals surface area contributed by atoms with Crippen LogP contribution in [0.25, 0.3) is 0 Å². The molecule has 2 aliphatic rings. The van der Waals surface area contributed by atoms with Crippen LogP contribution in [0.15, 0.2) is 30.3 Å². The molecule has 1 aromatic rings. The van der Waals surface area contributed by atoms with Gasteiger partial charge in [-0.05, 0) is 44.3 Å². The maximum atomic E-state index is 12.7. The van der Waals surface area contributed by atoms with Gasteiger partial charge in [-0.3, -0.25) is 9.59 Å². The highest BCUT2D eigenvalue weighted by molar-refractivity contribution is 5.86. The van der Waals surface area contributed by atoms with Gasteiger partial charge in [0.2, 0.25) is 5.91 Å². The predicted octanol–water partition coefficient (Wildman–Crippen LogP) is 1.10. The number of benzene rings is 1. The van der Waals surface area contributed by atoms with Crippen molar-refractivity contribution in [3.05, 3.63) is 35.9 Å². The molecule has 142 valence electrons. The molecule has 2 N–H and O–H groups in total. The number of aryl methyl sites for hydroxylation is 1. The summed E-state index contributed by atoms with van der Waals surface area (Å²) in [5.74, 6) is 0.124. The number of piperidine rings is 1. The highest BCUT2D eigenvalue weighted by Crippen LogP contribution is 2.23. The Morgan fingerprint density at radius 2 is 2.00 bits per heavy atom. The van der Waals surface area contributed by atoms with Gasteiger partial charge in [-0.1, -0.05) is 30.3 Å². The molecule has 0 bridgehead atoms. The first-order valence-corrected chi connectivity index (χ1v) is 9.51. The van der Waals surface area contributed by atoms with Crippen molar-refractivity contribution in [3.8, 4) is 0 Å². The summed E-state index contributed by atoms with van der Waals surface area (Å²) in [6, 6.07) is 10.1. The third-order valence-corrected chi connectivity index (χ3v) is 5.56. The Morgan fingerprint density at radius 3 is 2.69 bits per heavy atom. The first-order chi connectivity index (χ1) is 12.6. The summed E-state index contributed by atoms with van der Waals surface area (Å²) in [6.07, 6.45) is 3.44. The SMILES string of the molecule is COC1(C(=O)NC2CCN(C(=O)CCc3ccccc3)C2)CCNCC1. The number of nitrogens with zero attached hydrogens (tertiary/aromatic N) is 1. The van der Waals surface area contributed by atoms with Gasteiger partial charge in [-0.2, -0.15) is 0 Å². The van der Waals surface area contributed by atoms with Gasteiger partial charge in [-0.15, -0.1) is 0 Å². The topological polar surface area (TPSA) is 70.7 Å². The van der Waals surface area contributed by atoms with E-state index in [0.717, 1.165) is 25.9 Å². The van der Waals surface area contributed by atoms with E-state index in [1.54, 1.807) is 7.11 Å². The predicted molar refractivity (Wildman–Crippen MR) is 99.7 cm³/mol. The third kappa shape index (κ3) is 4.43. The van der Waals surface area contributed by atoms with Crippen LogP contribution >= 0.6 is 0 Å². The van der Waals surface area contributed by atoms with Crippen LogP contribution in [0.3, 0.4) is 0 Å². The van der Waals surface area contributed by atoms with Gasteiger partial charge < -0.3 is 20.3 Å². The molecule has 6 heteroatoms. The molecule has 0 aliphatic carbocycles. The lowest BCUT2D eigenvalue weighted by molar-refractivity contribution is -0.147. The summed E-state index contributed by atoms with van der Waals surface area (Å²) < 4.78 is 5.58. The molecule has 1 aromatic carbocycles. The smallest absolute Gasteiger partial charge is 0.252 e. The number of carbonyl (C=O) groups is 2. The van der Waals surface area contributed by atoms with Gasteiger partial charge >= 0.3 is 0 Å². The quantitative estimate of drug-likeness (QED) is 0.798. The van der Waals surface area contributed by atoms with E-state index in [1.807, 2.05) is 35.2 Å². The van der Waals surface area contributed by atoms with Crippen LogP contribution in [0.4, 0.5) is 0 Å². The van der Waals surface area contributed by atoms with Crippen molar-refractivity contribution < 1.29 is 14.3 Å². The van der Waals surface area contributed by atoms with E-state index in [2.05, 4.69) is 10.6 Å². The zero-order chi connectivity index (χ0) is 18.4. The van der Waals surface area contributed by atoms with E-state index in [0.29, 0.717) is 32.4 Å². The number of hydrogen-bond donors (Lipinski definition) is 2. The Hall–Kier alpha value is -1.92. The van der Waals surface area contributed by atoms with Crippen LogP contribution in [0.2, 0.25) is 0 Å². The molecule has 1 atom stereocenters. The fourth-order valence-electron chi connectivity index (χ4n) is 3.83. The fraction of sp³-hybridized carbons (Fsp3) is 0.600. The summed E-state index contributed by atoms with van der Waals surface area (Å²) in [6.45, 7) is 2.88. The minimum absolute atomic E-state index is 0.0186. The number of likely N-dealkylation sites (tertiary alicyclic amines) is 1. The Kier molecular flexibility index (Phi) is 6.27. The lowest BCUT2D eigenvalue weighted by atomic mass is 9.90. The molecule has 3 rings (SSSR count). The maximum Gasteiger partial charge on any atom is 0.252 e. The average molecular weight is 359 g/mol. The number of rotatable bonds is 6. The molecular weight excluding hydrogens is 330 g/mol. The summed E-state index contributed by atoms with van der Waals surface area (Å²) in [7, 11) is 1.61. The lowest BCUT2D eigenvalue weighted by Crippen LogP contribution is -2.56. The van der Waals surface area contributed by atoms with E-state index in [-0.39, 0.29) is 17.9 Å². The van der Waals surface area contributed by atoms with Gasteiger partial charge in [0.05, 0.1) is 0 Å². The Labute approximate surface area is 155 Å². The average Bonchev–Trinajstić information content (AvgIpc) is 3.16. The maximum absolute atomic E-state index is 12.7. The van der Waals surface area contributed by atoms with Crippen molar-refractivity contribution >= 4 is 11.8 Å². The van der Waals surface area contributed by atoms with Crippen molar-refractivity contribution in [3.63, 3.8) is 0 Å². The van der Waals surface area contributed by atoms with Crippen molar-refractivity contribution in [1.29, 1.82) is 0 Å². The van der Waals surface area contributed by atoms with Gasteiger partial charge in [-0.25, -0.2) is 0 Å². The molecule has 0 aromatic heterocycles. The van der Waals surface area contributed by atoms with Crippen molar-refractivity contribution in [2.24, 2.45) is 0 Å². The van der Waals surface area contributed by atoms with Crippen molar-refractivity contribution in [2.75, 3.05) is 33.3 Å². The second-order valence-electron chi connectivity index (χ2n) is 7.23. The Bertz CT molecular complexity index is 614. The molecule has 2 heterocycles. The number of nitrogens with one attached hydrogen (secondary N) is 2. The molecular formula is C20H29N3O3. The highest BCUT2D eigenvalue weighted by Gasteiger charge is 2.41. The molecule has 0 saturated carbocycles. The van der Waals surface area contributed by atoms with Crippen molar-refractivity contribution in [1.82, 2.24) is 15.5 Å². The zero-order valence-corrected chi connectivity index (χ0v) is 15.5. The van der Waals surface area contributed by atoms with Gasteiger partial charge in [0, 0.05) is 32.7 Å². The van der Waals surface area contributed by atoms with Crippen LogP contribution in [0.1, 0.15) is 31.2 Å². The second-order valence-corrected chi connectivity index (χ2v) is 7.23. The number of methoxy groups -OCH3 is 1. The molecule has 0 radical (unpaired) electrons. The van der Waals surface area contributed by atoms with Crippen LogP contribution in [-0.2, 0) is 20.7 Å². The minimum atomic E-state index is -0.726. The first kappa shape index (κ1) is 18.9. The summed E-state index contributed by atoms with van der Waals surface area (Å²) in [4.78, 5) is 27.0. The van der Waals surface area contributed by atoms with Gasteiger partial charge in [0.25, 0.3) is 5.91 Å². The largest absolute Gasteiger partial charge is 0.368 e. The third-order valence-electron chi connectivity index (χ3n) is 5.56. The number of ether oxygens (including phenoxy) is 1. The summed E-state index contributed by atoms with van der Waals surface area (Å²) in [5, 5.41) is 6.37. The van der Waals surface area contributed by atoms with E-state index in [9.17, 15) is 9.59 Å². The molecule has 2 aliphatic heterocycles. The number of hydrogen-bond acceptors (Lipinski definition) is 4. The lowest BCUT2D eigenvalue weighted by Gasteiger charge is -2.35. The van der Waals surface area contributed by atoms with E-state index in [1.165, 1.54) is 5.56 Å². The Morgan fingerprint density at radius 1 is 1.27 bits per heavy atom. The van der Waals surface area contributed by atoms with Crippen LogP contribution < -0.4 is 10.6 Å². The molecule has 2 saturated heterocycles. The molecule has 1 unspecified atom stereocenters. The van der Waals surface area contributed by atoms with E-state index < -0.39 is 5.60 Å². The van der Waals surface area contributed by atoms with Crippen LogP contribution in [0.5, 0.6) is 0 Å². The van der Waals surface area contributed by atoms with Gasteiger partial charge in [0.1, 0.15) is 5.60 Å². The summed E-state index contributed by atoms with van der Waals surface area (Å²) >= 11 is 0. The molecule has 2 amide bonds. The number of carbonyl (C=O) groups excluding carboxylic acids is 2. The normalized spacial score (nSPS) is 22.2. The zero-order valence-electron chi connectivity index (χ0n) is 15.5. The molecule has 6 nitrogen and oxygen atoms in total. The van der Waals surface area contributed by atoms with E-state index in [4.69, 9.17) is 4.74 Å². The monoisotopic (exact) mass is 359 g/mol. The van der Waals surface area contributed by atoms with Crippen LogP contribution in [0, 0.1) is 0 Å². The minimum Gasteiger partial charge on any atom is -0.368 e. The highest BCUT2D eigenvalue weighted by atomic mass is 16.5. The second kappa shape index (κ2) is 8.64. The molecule has 0 spiro atoms. The molecule has 26 heavy (non-hydrogen) atoms. The number of amides is 2.